The van der Waals surface area contributed by atoms with Gasteiger partial charge in [-0.25, -0.2) is 16.8 Å². The Bertz CT molecular complexity index is 944. The van der Waals surface area contributed by atoms with E-state index in [0.29, 0.717) is 0 Å². The second-order valence-corrected chi connectivity index (χ2v) is 5.06. The Hall–Kier alpha value is 0.0197. The third kappa shape index (κ3) is 34.4. The van der Waals surface area contributed by atoms with Crippen molar-refractivity contribution < 1.29 is 54.7 Å². The number of hydrogen-bond donors (Lipinski definition) is 2. The van der Waals surface area contributed by atoms with E-state index in [4.69, 9.17) is 19.2 Å². The molecule has 132 valence electrons. The molecular weight excluding hydrogens is 380 g/mol. The van der Waals surface area contributed by atoms with Gasteiger partial charge in [0.05, 0.1) is 20.2 Å². The minimum Gasteiger partial charge on any atom is -0.748 e. The van der Waals surface area contributed by atoms with Crippen LogP contribution in [0.3, 0.4) is 0 Å². The van der Waals surface area contributed by atoms with Crippen LogP contribution < -0.4 is 10.6 Å². The van der Waals surface area contributed by atoms with Crippen LogP contribution in [0, 0.1) is 0 Å². The van der Waals surface area contributed by atoms with Gasteiger partial charge in [0.15, 0.2) is 0 Å². The molecule has 0 bridgehead atoms. The monoisotopic (exact) mass is 414 g/mol. The average molecular weight is 415 g/mol. The maximum atomic E-state index is 10.9. The van der Waals surface area contributed by atoms with E-state index in [1.54, 1.807) is 0 Å². The molecule has 0 saturated heterocycles. The van der Waals surface area contributed by atoms with Crippen LogP contribution in [-0.2, 0) is 29.8 Å². The van der Waals surface area contributed by atoms with Crippen LogP contribution in [0.15, 0.2) is 0 Å². The van der Waals surface area contributed by atoms with Crippen molar-refractivity contribution in [1.29, 1.82) is 0 Å². The third-order valence-electron chi connectivity index (χ3n) is 1.07. The fourth-order valence-corrected chi connectivity index (χ4v) is 0.996. The summed E-state index contributed by atoms with van der Waals surface area (Å²) in [6.07, 6.45) is -6.54. The molecule has 13 heteroatoms. The van der Waals surface area contributed by atoms with Crippen molar-refractivity contribution >= 4 is 69.8 Å². The van der Waals surface area contributed by atoms with Crippen LogP contribution in [0.2, 0.25) is 0 Å². The smallest absolute Gasteiger partial charge is 0.748 e. The second kappa shape index (κ2) is 14.4. The number of hydrogen-bond acceptors (Lipinski definition) is 8. The van der Waals surface area contributed by atoms with Gasteiger partial charge in [-0.1, -0.05) is 0 Å². The summed E-state index contributed by atoms with van der Waals surface area (Å²) in [7, 11) is -11.3. The first-order valence-corrected chi connectivity index (χ1v) is 7.55. The Balaban J connectivity index is -0.000000608. The van der Waals surface area contributed by atoms with Crippen molar-refractivity contribution in [3.63, 3.8) is 0 Å². The Morgan fingerprint density at radius 1 is 0.913 bits per heavy atom. The molecule has 0 unspecified atom stereocenters. The summed E-state index contributed by atoms with van der Waals surface area (Å²) in [5, 5.41) is 3.04. The minimum absolute atomic E-state index is 0. The van der Waals surface area contributed by atoms with E-state index < -0.39 is 83.0 Å². The zero-order valence-corrected chi connectivity index (χ0v) is 15.0. The number of rotatable bonds is 8. The standard InChI is InChI=1S/2C5H11NO4S.Ca/c2*1-5(7)6-3-2-4-11(8,9)10;/h2*2-4H2,1H3,(H,6,7)(H,8,9,10);/q;;+2/p-2/i2*1D3,2D2,4D2;. The normalized spacial score (nSPS) is 23.2. The van der Waals surface area contributed by atoms with Crippen molar-refractivity contribution in [3.05, 3.63) is 0 Å². The zero-order chi connectivity index (χ0) is 30.0. The number of nitrogens with one attached hydrogen (secondary N) is 2. The Morgan fingerprint density at radius 2 is 1.22 bits per heavy atom. The predicted octanol–water partition coefficient (Wildman–Crippen LogP) is -2.27. The number of carbonyl (C=O) groups excluding carboxylic acids is 2. The molecule has 0 aromatic heterocycles. The second-order valence-electron chi connectivity index (χ2n) is 2.83. The van der Waals surface area contributed by atoms with E-state index in [-0.39, 0.29) is 37.7 Å². The quantitative estimate of drug-likeness (QED) is 0.330. The molecule has 0 heterocycles. The molecule has 0 aliphatic rings. The van der Waals surface area contributed by atoms with E-state index in [1.165, 1.54) is 10.6 Å². The first-order valence-electron chi connectivity index (χ1n) is 11.7. The van der Waals surface area contributed by atoms with Crippen molar-refractivity contribution in [1.82, 2.24) is 10.6 Å². The van der Waals surface area contributed by atoms with E-state index >= 15 is 0 Å². The van der Waals surface area contributed by atoms with Gasteiger partial charge in [0.2, 0.25) is 11.8 Å². The van der Waals surface area contributed by atoms with Crippen LogP contribution in [0.5, 0.6) is 0 Å². The molecule has 0 radical (unpaired) electrons. The molecule has 0 aliphatic heterocycles. The summed E-state index contributed by atoms with van der Waals surface area (Å²) < 4.78 is 159. The summed E-state index contributed by atoms with van der Waals surface area (Å²) in [6.45, 7) is -8.70. The molecule has 0 aromatic carbocycles. The summed E-state index contributed by atoms with van der Waals surface area (Å²) >= 11 is 0. The Kier molecular flexibility index (Phi) is 6.03. The van der Waals surface area contributed by atoms with Crippen LogP contribution >= 0.6 is 0 Å². The van der Waals surface area contributed by atoms with Gasteiger partial charge in [-0.05, 0) is 12.7 Å². The zero-order valence-electron chi connectivity index (χ0n) is 25.2. The van der Waals surface area contributed by atoms with Gasteiger partial charge in [0.25, 0.3) is 0 Å². The van der Waals surface area contributed by atoms with Gasteiger partial charge >= 0.3 is 37.7 Å². The maximum Gasteiger partial charge on any atom is 2.00 e. The van der Waals surface area contributed by atoms with Crippen LogP contribution in [0.25, 0.3) is 0 Å². The molecule has 2 N–H and O–H groups in total. The molecule has 10 nitrogen and oxygen atoms in total. The fraction of sp³-hybridized carbons (Fsp3) is 0.800. The fourth-order valence-electron chi connectivity index (χ4n) is 0.498. The molecule has 2 amide bonds. The molecule has 0 aromatic rings. The van der Waals surface area contributed by atoms with Crippen molar-refractivity contribution in [3.8, 4) is 0 Å². The van der Waals surface area contributed by atoms with Crippen LogP contribution in [0.4, 0.5) is 0 Å². The molecule has 0 aliphatic carbocycles. The van der Waals surface area contributed by atoms with Crippen LogP contribution in [-0.4, -0.2) is 100.0 Å². The van der Waals surface area contributed by atoms with Crippen LogP contribution in [0.1, 0.15) is 45.6 Å². The van der Waals surface area contributed by atoms with Gasteiger partial charge in [-0.15, -0.1) is 0 Å². The summed E-state index contributed by atoms with van der Waals surface area (Å²) in [6, 6.07) is 0. The van der Waals surface area contributed by atoms with Crippen molar-refractivity contribution in [2.75, 3.05) is 24.5 Å². The van der Waals surface area contributed by atoms with Gasteiger partial charge in [0, 0.05) is 57.4 Å². The number of carbonyl (C=O) groups is 2. The van der Waals surface area contributed by atoms with Gasteiger partial charge in [-0.2, -0.15) is 0 Å². The molecule has 0 fully saturated rings. The predicted molar refractivity (Wildman–Crippen MR) is 81.5 cm³/mol. The molecule has 0 spiro atoms. The summed E-state index contributed by atoms with van der Waals surface area (Å²) in [4.78, 5) is 21.8. The average Bonchev–Trinajstić information content (AvgIpc) is 2.60. The largest absolute Gasteiger partial charge is 2.00 e. The van der Waals surface area contributed by atoms with Crippen molar-refractivity contribution in [2.45, 2.75) is 26.4 Å². The molecular formula is C10H20CaN2O8S2. The third-order valence-corrected chi connectivity index (χ3v) is 1.86. The van der Waals surface area contributed by atoms with E-state index in [9.17, 15) is 35.5 Å². The molecule has 0 atom stereocenters. The van der Waals surface area contributed by atoms with Crippen molar-refractivity contribution in [2.24, 2.45) is 0 Å². The van der Waals surface area contributed by atoms with Gasteiger partial charge in [0.1, 0.15) is 0 Å². The summed E-state index contributed by atoms with van der Waals surface area (Å²) in [5.74, 6) is -3.16. The first kappa shape index (κ1) is 9.64. The topological polar surface area (TPSA) is 173 Å². The maximum absolute atomic E-state index is 10.9. The molecule has 0 rings (SSSR count). The van der Waals surface area contributed by atoms with Gasteiger partial charge < -0.3 is 19.7 Å². The Labute approximate surface area is 185 Å². The van der Waals surface area contributed by atoms with E-state index in [2.05, 4.69) is 0 Å². The molecule has 23 heavy (non-hydrogen) atoms. The molecule has 0 saturated carbocycles. The number of amides is 2. The Morgan fingerprint density at radius 3 is 1.43 bits per heavy atom. The van der Waals surface area contributed by atoms with E-state index in [1.807, 2.05) is 0 Å². The minimum atomic E-state index is -5.63. The van der Waals surface area contributed by atoms with E-state index in [0.717, 1.165) is 0 Å². The summed E-state index contributed by atoms with van der Waals surface area (Å²) in [5.41, 5.74) is -7.61. The van der Waals surface area contributed by atoms with Gasteiger partial charge in [-0.3, -0.25) is 9.59 Å². The SMILES string of the molecule is [2H]C([2H])([2H])C(=O)NCC([2H])([2H])C([2H])([2H])S(=O)(=O)[O-].[2H]C([2H])([2H])C(=O)NCC([2H])([2H])C([2H])([2H])S(=O)(=O)[O-].[Ca+2]. The first-order chi connectivity index (χ1) is 15.3.